The van der Waals surface area contributed by atoms with Crippen molar-refractivity contribution in [3.8, 4) is 0 Å². The zero-order chi connectivity index (χ0) is 17.9. The van der Waals surface area contributed by atoms with Crippen LogP contribution in [0, 0.1) is 0 Å². The van der Waals surface area contributed by atoms with E-state index in [2.05, 4.69) is 17.3 Å². The Kier molecular flexibility index (Phi) is 8.16. The van der Waals surface area contributed by atoms with E-state index in [1.54, 1.807) is 0 Å². The molecule has 1 aromatic rings. The number of hydrazone groups is 1. The van der Waals surface area contributed by atoms with Gasteiger partial charge in [-0.25, -0.2) is 0 Å². The van der Waals surface area contributed by atoms with Crippen LogP contribution in [0.5, 0.6) is 0 Å². The molecule has 0 atom stereocenters. The molecule has 0 aromatic heterocycles. The van der Waals surface area contributed by atoms with Gasteiger partial charge < -0.3 is 5.32 Å². The highest BCUT2D eigenvalue weighted by Crippen LogP contribution is 2.19. The molecular weight excluding hydrogens is 314 g/mol. The van der Waals surface area contributed by atoms with Crippen LogP contribution in [0.4, 0.5) is 5.69 Å². The van der Waals surface area contributed by atoms with E-state index in [0.29, 0.717) is 12.3 Å². The third-order valence-corrected chi connectivity index (χ3v) is 4.32. The van der Waals surface area contributed by atoms with Crippen LogP contribution in [-0.4, -0.2) is 17.6 Å². The lowest BCUT2D eigenvalue weighted by Crippen LogP contribution is -2.29. The summed E-state index contributed by atoms with van der Waals surface area (Å²) in [5.41, 5.74) is 0.722. The molecule has 0 spiro atoms. The summed E-state index contributed by atoms with van der Waals surface area (Å²) in [7, 11) is 0. The van der Waals surface area contributed by atoms with Crippen molar-refractivity contribution in [3.63, 3.8) is 0 Å². The summed E-state index contributed by atoms with van der Waals surface area (Å²) >= 11 is 0. The second kappa shape index (κ2) is 10.6. The van der Waals surface area contributed by atoms with Crippen LogP contribution in [0.1, 0.15) is 71.1 Å². The first-order valence-corrected chi connectivity index (χ1v) is 9.46. The highest BCUT2D eigenvalue weighted by molar-refractivity contribution is 6.15. The van der Waals surface area contributed by atoms with Crippen molar-refractivity contribution in [2.45, 2.75) is 71.1 Å². The van der Waals surface area contributed by atoms with Crippen LogP contribution >= 0.6 is 0 Å². The Hall–Kier alpha value is -2.17. The van der Waals surface area contributed by atoms with Crippen LogP contribution in [0.2, 0.25) is 0 Å². The Balaban J connectivity index is 1.65. The molecule has 2 amide bonds. The molecule has 1 heterocycles. The Labute approximate surface area is 150 Å². The maximum absolute atomic E-state index is 12.0. The number of hydrogen-bond acceptors (Lipinski definition) is 3. The van der Waals surface area contributed by atoms with Crippen molar-refractivity contribution in [2.75, 3.05) is 5.01 Å². The normalized spacial score (nSPS) is 13.9. The number of carbonyl (C=O) groups excluding carboxylic acids is 2. The third-order valence-electron chi connectivity index (χ3n) is 4.32. The molecule has 5 heteroatoms. The Morgan fingerprint density at radius 1 is 1.04 bits per heavy atom. The minimum Gasteiger partial charge on any atom is -0.312 e. The standard InChI is InChI=1S/C20H29N3O2/c1-2-3-4-5-6-7-8-12-15-19(24)21-18-16-20(25)23(22-18)17-13-10-9-11-14-17/h9-11,13-14H,2-8,12,15-16H2,1H3,(H,21,22,24). The molecule has 5 nitrogen and oxygen atoms in total. The van der Waals surface area contributed by atoms with Gasteiger partial charge in [0, 0.05) is 6.42 Å². The number of nitrogens with zero attached hydrogens (tertiary/aromatic N) is 2. The van der Waals surface area contributed by atoms with Crippen molar-refractivity contribution >= 4 is 23.3 Å². The molecule has 0 radical (unpaired) electrons. The summed E-state index contributed by atoms with van der Waals surface area (Å²) in [6.07, 6.45) is 10.3. The monoisotopic (exact) mass is 343 g/mol. The molecule has 1 N–H and O–H groups in total. The fourth-order valence-electron chi connectivity index (χ4n) is 2.91. The van der Waals surface area contributed by atoms with Gasteiger partial charge in [-0.3, -0.25) is 9.59 Å². The summed E-state index contributed by atoms with van der Waals surface area (Å²) in [4.78, 5) is 24.0. The van der Waals surface area contributed by atoms with Gasteiger partial charge in [-0.05, 0) is 18.6 Å². The van der Waals surface area contributed by atoms with E-state index in [4.69, 9.17) is 0 Å². The van der Waals surface area contributed by atoms with E-state index in [-0.39, 0.29) is 18.2 Å². The number of anilines is 1. The van der Waals surface area contributed by atoms with E-state index in [9.17, 15) is 9.59 Å². The average Bonchev–Trinajstić information content (AvgIpc) is 2.98. The van der Waals surface area contributed by atoms with Gasteiger partial charge in [-0.1, -0.05) is 70.1 Å². The Morgan fingerprint density at radius 3 is 2.36 bits per heavy atom. The average molecular weight is 343 g/mol. The largest absolute Gasteiger partial charge is 0.312 e. The first-order valence-electron chi connectivity index (χ1n) is 9.46. The van der Waals surface area contributed by atoms with Crippen molar-refractivity contribution in [1.29, 1.82) is 0 Å². The lowest BCUT2D eigenvalue weighted by Gasteiger charge is -2.10. The van der Waals surface area contributed by atoms with Gasteiger partial charge in [0.1, 0.15) is 5.84 Å². The number of para-hydroxylation sites is 1. The molecule has 1 aliphatic heterocycles. The summed E-state index contributed by atoms with van der Waals surface area (Å²) < 4.78 is 0. The number of rotatable bonds is 10. The molecule has 25 heavy (non-hydrogen) atoms. The Bertz CT molecular complexity index is 584. The number of amidine groups is 1. The smallest absolute Gasteiger partial charge is 0.255 e. The van der Waals surface area contributed by atoms with Crippen LogP contribution in [0.3, 0.4) is 0 Å². The number of amides is 2. The van der Waals surface area contributed by atoms with Gasteiger partial charge in [-0.2, -0.15) is 10.1 Å². The molecule has 0 saturated carbocycles. The molecule has 136 valence electrons. The van der Waals surface area contributed by atoms with Gasteiger partial charge >= 0.3 is 0 Å². The fraction of sp³-hybridized carbons (Fsp3) is 0.550. The van der Waals surface area contributed by atoms with Gasteiger partial charge in [0.15, 0.2) is 0 Å². The zero-order valence-electron chi connectivity index (χ0n) is 15.2. The molecule has 2 rings (SSSR count). The van der Waals surface area contributed by atoms with Crippen molar-refractivity contribution in [3.05, 3.63) is 30.3 Å². The lowest BCUT2D eigenvalue weighted by molar-refractivity contribution is -0.119. The third kappa shape index (κ3) is 6.69. The van der Waals surface area contributed by atoms with Crippen LogP contribution in [0.25, 0.3) is 0 Å². The van der Waals surface area contributed by atoms with Crippen LogP contribution in [-0.2, 0) is 9.59 Å². The minimum absolute atomic E-state index is 0.0487. The zero-order valence-corrected chi connectivity index (χ0v) is 15.2. The van der Waals surface area contributed by atoms with Crippen LogP contribution < -0.4 is 10.3 Å². The number of hydrogen-bond donors (Lipinski definition) is 1. The molecule has 0 unspecified atom stereocenters. The Morgan fingerprint density at radius 2 is 1.68 bits per heavy atom. The summed E-state index contributed by atoms with van der Waals surface area (Å²) in [5.74, 6) is 0.277. The molecule has 0 fully saturated rings. The van der Waals surface area contributed by atoms with Crippen molar-refractivity contribution in [2.24, 2.45) is 5.10 Å². The van der Waals surface area contributed by atoms with E-state index >= 15 is 0 Å². The number of unbranched alkanes of at least 4 members (excludes halogenated alkanes) is 7. The van der Waals surface area contributed by atoms with Crippen LogP contribution in [0.15, 0.2) is 35.4 Å². The molecule has 1 aromatic carbocycles. The SMILES string of the molecule is CCCCCCCCCCC(=O)NC1=NN(c2ccccc2)C(=O)C1. The van der Waals surface area contributed by atoms with E-state index in [1.807, 2.05) is 30.3 Å². The van der Waals surface area contributed by atoms with Crippen molar-refractivity contribution < 1.29 is 9.59 Å². The highest BCUT2D eigenvalue weighted by Gasteiger charge is 2.25. The maximum Gasteiger partial charge on any atom is 0.255 e. The summed E-state index contributed by atoms with van der Waals surface area (Å²) in [5, 5.41) is 8.36. The fourth-order valence-corrected chi connectivity index (χ4v) is 2.91. The summed E-state index contributed by atoms with van der Waals surface area (Å²) in [6, 6.07) is 9.26. The predicted octanol–water partition coefficient (Wildman–Crippen LogP) is 4.38. The molecule has 1 aliphatic rings. The van der Waals surface area contributed by atoms with E-state index in [1.165, 1.54) is 43.5 Å². The van der Waals surface area contributed by atoms with E-state index < -0.39 is 0 Å². The predicted molar refractivity (Wildman–Crippen MR) is 101 cm³/mol. The molecular formula is C20H29N3O2. The second-order valence-electron chi connectivity index (χ2n) is 6.54. The topological polar surface area (TPSA) is 61.8 Å². The van der Waals surface area contributed by atoms with Gasteiger partial charge in [-0.15, -0.1) is 0 Å². The highest BCUT2D eigenvalue weighted by atomic mass is 16.2. The molecule has 0 bridgehead atoms. The van der Waals surface area contributed by atoms with Gasteiger partial charge in [0.05, 0.1) is 12.1 Å². The quantitative estimate of drug-likeness (QED) is 0.641. The number of carbonyl (C=O) groups is 2. The lowest BCUT2D eigenvalue weighted by atomic mass is 10.1. The molecule has 0 aliphatic carbocycles. The van der Waals surface area contributed by atoms with Crippen molar-refractivity contribution in [1.82, 2.24) is 5.32 Å². The first-order chi connectivity index (χ1) is 12.2. The maximum atomic E-state index is 12.0. The number of nitrogens with one attached hydrogen (secondary N) is 1. The van der Waals surface area contributed by atoms with E-state index in [0.717, 1.165) is 18.5 Å². The summed E-state index contributed by atoms with van der Waals surface area (Å²) in [6.45, 7) is 2.22. The first kappa shape index (κ1) is 19.2. The van der Waals surface area contributed by atoms with Gasteiger partial charge in [0.2, 0.25) is 5.91 Å². The minimum atomic E-state index is -0.117. The molecule has 0 saturated heterocycles. The second-order valence-corrected chi connectivity index (χ2v) is 6.54. The number of benzene rings is 1. The van der Waals surface area contributed by atoms with Gasteiger partial charge in [0.25, 0.3) is 5.91 Å².